The lowest BCUT2D eigenvalue weighted by Crippen LogP contribution is -2.39. The van der Waals surface area contributed by atoms with Gasteiger partial charge in [0.25, 0.3) is 0 Å². The van der Waals surface area contributed by atoms with E-state index in [4.69, 9.17) is 0 Å². The zero-order valence-electron chi connectivity index (χ0n) is 19.0. The molecule has 0 saturated carbocycles. The molecule has 0 atom stereocenters. The maximum Gasteiger partial charge on any atom is 0.308 e. The molecule has 0 radical (unpaired) electrons. The topological polar surface area (TPSA) is 42.3 Å². The first-order valence-corrected chi connectivity index (χ1v) is 12.1. The smallest absolute Gasteiger partial charge is 0.230 e. The molecule has 1 saturated heterocycles. The Labute approximate surface area is 177 Å². The zero-order valence-corrected chi connectivity index (χ0v) is 19.9. The van der Waals surface area contributed by atoms with E-state index in [0.717, 1.165) is 36.2 Å². The normalized spacial score (nSPS) is 16.9. The third-order valence-electron chi connectivity index (χ3n) is 5.85. The van der Waals surface area contributed by atoms with E-state index in [-0.39, 0.29) is 10.8 Å². The van der Waals surface area contributed by atoms with E-state index >= 15 is 0 Å². The molecule has 0 unspecified atom stereocenters. The van der Waals surface area contributed by atoms with Crippen molar-refractivity contribution in [1.29, 1.82) is 0 Å². The van der Waals surface area contributed by atoms with E-state index in [1.165, 1.54) is 11.1 Å². The van der Waals surface area contributed by atoms with Gasteiger partial charge in [-0.1, -0.05) is 54.0 Å². The third kappa shape index (κ3) is 4.46. The van der Waals surface area contributed by atoms with Gasteiger partial charge in [0.2, 0.25) is 0 Å². The zero-order chi connectivity index (χ0) is 21.6. The molecular weight excluding hydrogens is 380 g/mol. The van der Waals surface area contributed by atoms with Gasteiger partial charge >= 0.3 is 10.2 Å². The summed E-state index contributed by atoms with van der Waals surface area (Å²) >= 11 is 0. The summed E-state index contributed by atoms with van der Waals surface area (Å²) in [6.07, 6.45) is 2.97. The van der Waals surface area contributed by atoms with Crippen molar-refractivity contribution in [1.82, 2.24) is 8.28 Å². The minimum Gasteiger partial charge on any atom is -0.230 e. The van der Waals surface area contributed by atoms with Crippen LogP contribution in [0.15, 0.2) is 30.3 Å². The highest BCUT2D eigenvalue weighted by molar-refractivity contribution is 7.87. The summed E-state index contributed by atoms with van der Waals surface area (Å²) in [6.45, 7) is 16.3. The molecule has 0 amide bonds. The Bertz CT molecular complexity index is 951. The third-order valence-corrected chi connectivity index (χ3v) is 7.82. The summed E-state index contributed by atoms with van der Waals surface area (Å²) in [5.74, 6) is 0. The molecule has 160 valence electrons. The molecule has 0 aliphatic carbocycles. The van der Waals surface area contributed by atoms with Crippen LogP contribution in [-0.4, -0.2) is 29.8 Å². The van der Waals surface area contributed by atoms with Crippen LogP contribution in [-0.2, 0) is 21.0 Å². The molecule has 1 aromatic carbocycles. The number of aromatic nitrogens is 1. The first kappa shape index (κ1) is 22.1. The van der Waals surface area contributed by atoms with E-state index in [0.29, 0.717) is 13.1 Å². The quantitative estimate of drug-likeness (QED) is 0.650. The maximum atomic E-state index is 13.5. The molecular formula is C24H36N2O2S. The van der Waals surface area contributed by atoms with Crippen molar-refractivity contribution in [3.63, 3.8) is 0 Å². The summed E-state index contributed by atoms with van der Waals surface area (Å²) in [4.78, 5) is 0. The van der Waals surface area contributed by atoms with Crippen LogP contribution in [0.3, 0.4) is 0 Å². The standard InChI is InChI=1S/C24H36N2O2S/c1-18-11-12-22(26(18)29(27,28)25-13-9-8-10-14-25)19-15-20(23(2,3)4)17-21(16-19)24(5,6)7/h11-12,15-17H,8-10,13-14H2,1-7H3. The summed E-state index contributed by atoms with van der Waals surface area (Å²) in [7, 11) is -3.57. The first-order chi connectivity index (χ1) is 13.3. The van der Waals surface area contributed by atoms with Gasteiger partial charge in [0.15, 0.2) is 0 Å². The van der Waals surface area contributed by atoms with Gasteiger partial charge < -0.3 is 0 Å². The monoisotopic (exact) mass is 416 g/mol. The predicted octanol–water partition coefficient (Wildman–Crippen LogP) is 5.64. The van der Waals surface area contributed by atoms with Crippen molar-refractivity contribution in [2.24, 2.45) is 0 Å². The van der Waals surface area contributed by atoms with Gasteiger partial charge in [-0.3, -0.25) is 0 Å². The van der Waals surface area contributed by atoms with Crippen molar-refractivity contribution in [2.45, 2.75) is 78.6 Å². The van der Waals surface area contributed by atoms with Crippen LogP contribution in [0.1, 0.15) is 77.6 Å². The van der Waals surface area contributed by atoms with Crippen LogP contribution in [0.2, 0.25) is 0 Å². The second-order valence-corrected chi connectivity index (χ2v) is 12.2. The largest absolute Gasteiger partial charge is 0.308 e. The molecule has 1 aromatic heterocycles. The lowest BCUT2D eigenvalue weighted by Gasteiger charge is -2.29. The Balaban J connectivity index is 2.20. The Kier molecular flexibility index (Phi) is 5.78. The molecule has 4 nitrogen and oxygen atoms in total. The fourth-order valence-electron chi connectivity index (χ4n) is 3.90. The molecule has 0 spiro atoms. The Hall–Kier alpha value is -1.59. The molecule has 1 aliphatic heterocycles. The van der Waals surface area contributed by atoms with E-state index < -0.39 is 10.2 Å². The van der Waals surface area contributed by atoms with Crippen molar-refractivity contribution in [2.75, 3.05) is 13.1 Å². The van der Waals surface area contributed by atoms with Gasteiger partial charge in [-0.15, -0.1) is 0 Å². The van der Waals surface area contributed by atoms with E-state index in [1.54, 1.807) is 8.28 Å². The number of piperidine rings is 1. The Morgan fingerprint density at radius 3 is 1.79 bits per heavy atom. The van der Waals surface area contributed by atoms with Gasteiger partial charge in [-0.25, -0.2) is 3.97 Å². The SMILES string of the molecule is Cc1ccc(-c2cc(C(C)(C)C)cc(C(C)(C)C)c2)n1S(=O)(=O)N1CCCCC1. The number of aryl methyl sites for hydroxylation is 1. The summed E-state index contributed by atoms with van der Waals surface area (Å²) in [5.41, 5.74) is 4.88. The lowest BCUT2D eigenvalue weighted by molar-refractivity contribution is 0.343. The van der Waals surface area contributed by atoms with Crippen LogP contribution in [0.5, 0.6) is 0 Å². The average molecular weight is 417 g/mol. The van der Waals surface area contributed by atoms with Crippen LogP contribution in [0, 0.1) is 6.92 Å². The van der Waals surface area contributed by atoms with Gasteiger partial charge in [0.1, 0.15) is 0 Å². The van der Waals surface area contributed by atoms with Gasteiger partial charge in [0, 0.05) is 18.8 Å². The Morgan fingerprint density at radius 2 is 1.31 bits per heavy atom. The highest BCUT2D eigenvalue weighted by atomic mass is 32.2. The average Bonchev–Trinajstić information content (AvgIpc) is 3.03. The van der Waals surface area contributed by atoms with Crippen LogP contribution >= 0.6 is 0 Å². The van der Waals surface area contributed by atoms with E-state index in [2.05, 4.69) is 59.7 Å². The highest BCUT2D eigenvalue weighted by Crippen LogP contribution is 2.35. The maximum absolute atomic E-state index is 13.5. The predicted molar refractivity (Wildman–Crippen MR) is 122 cm³/mol. The second-order valence-electron chi connectivity index (χ2n) is 10.4. The number of hydrogen-bond acceptors (Lipinski definition) is 2. The Morgan fingerprint density at radius 1 is 0.793 bits per heavy atom. The number of rotatable bonds is 3. The summed E-state index contributed by atoms with van der Waals surface area (Å²) < 4.78 is 30.2. The van der Waals surface area contributed by atoms with E-state index in [1.807, 2.05) is 19.1 Å². The van der Waals surface area contributed by atoms with E-state index in [9.17, 15) is 8.42 Å². The molecule has 3 rings (SSSR count). The molecule has 1 aliphatic rings. The van der Waals surface area contributed by atoms with Crippen LogP contribution in [0.4, 0.5) is 0 Å². The molecule has 1 fully saturated rings. The minimum atomic E-state index is -3.57. The van der Waals surface area contributed by atoms with Crippen molar-refractivity contribution < 1.29 is 8.42 Å². The first-order valence-electron chi connectivity index (χ1n) is 10.7. The highest BCUT2D eigenvalue weighted by Gasteiger charge is 2.30. The summed E-state index contributed by atoms with van der Waals surface area (Å²) in [6, 6.07) is 10.4. The number of hydrogen-bond donors (Lipinski definition) is 0. The van der Waals surface area contributed by atoms with Gasteiger partial charge in [-0.05, 0) is 71.6 Å². The van der Waals surface area contributed by atoms with Crippen LogP contribution < -0.4 is 0 Å². The van der Waals surface area contributed by atoms with Gasteiger partial charge in [-0.2, -0.15) is 12.7 Å². The fourth-order valence-corrected chi connectivity index (χ4v) is 5.69. The van der Waals surface area contributed by atoms with Crippen LogP contribution in [0.25, 0.3) is 11.3 Å². The number of nitrogens with zero attached hydrogens (tertiary/aromatic N) is 2. The van der Waals surface area contributed by atoms with Gasteiger partial charge in [0.05, 0.1) is 5.69 Å². The van der Waals surface area contributed by atoms with Crippen molar-refractivity contribution in [3.8, 4) is 11.3 Å². The molecule has 0 bridgehead atoms. The molecule has 2 heterocycles. The fraction of sp³-hybridized carbons (Fsp3) is 0.583. The molecule has 5 heteroatoms. The molecule has 2 aromatic rings. The van der Waals surface area contributed by atoms with Crippen molar-refractivity contribution >= 4 is 10.2 Å². The molecule has 29 heavy (non-hydrogen) atoms. The lowest BCUT2D eigenvalue weighted by atomic mass is 9.79. The number of benzene rings is 1. The molecule has 0 N–H and O–H groups in total. The van der Waals surface area contributed by atoms with Crippen molar-refractivity contribution in [3.05, 3.63) is 47.2 Å². The summed E-state index contributed by atoms with van der Waals surface area (Å²) in [5, 5.41) is 0. The minimum absolute atomic E-state index is 0.0196. The second kappa shape index (κ2) is 7.59.